The quantitative estimate of drug-likeness (QED) is 0.359. The van der Waals surface area contributed by atoms with Gasteiger partial charge in [0.1, 0.15) is 11.3 Å². The molecule has 7 heteroatoms. The van der Waals surface area contributed by atoms with Gasteiger partial charge in [-0.2, -0.15) is 0 Å². The van der Waals surface area contributed by atoms with Crippen LogP contribution in [0, 0.1) is 0 Å². The number of aryl methyl sites for hydroxylation is 1. The van der Waals surface area contributed by atoms with Crippen LogP contribution in [-0.2, 0) is 32.3 Å². The van der Waals surface area contributed by atoms with Crippen molar-refractivity contribution in [2.24, 2.45) is 0 Å². The van der Waals surface area contributed by atoms with Gasteiger partial charge in [0.05, 0.1) is 12.0 Å². The summed E-state index contributed by atoms with van der Waals surface area (Å²) in [6.07, 6.45) is 0.840. The van der Waals surface area contributed by atoms with Gasteiger partial charge in [0.25, 0.3) is 0 Å². The van der Waals surface area contributed by atoms with Crippen molar-refractivity contribution in [2.45, 2.75) is 29.7 Å². The van der Waals surface area contributed by atoms with Crippen molar-refractivity contribution in [1.29, 1.82) is 0 Å². The molecule has 170 valence electrons. The van der Waals surface area contributed by atoms with Gasteiger partial charge in [-0.3, -0.25) is 10.1 Å². The van der Waals surface area contributed by atoms with E-state index >= 15 is 0 Å². The van der Waals surface area contributed by atoms with Crippen LogP contribution in [0.25, 0.3) is 11.0 Å². The summed E-state index contributed by atoms with van der Waals surface area (Å²) in [6, 6.07) is 25.3. The molecule has 0 radical (unpaired) electrons. The Bertz CT molecular complexity index is 1310. The SMILES string of the molecule is COC(=O)CCc1cccc(CNC(c2cc3ccccc3o2)S(=O)(=O)c2ccccc2)c1. The number of hydrogen-bond donors (Lipinski definition) is 1. The average Bonchev–Trinajstić information content (AvgIpc) is 3.27. The van der Waals surface area contributed by atoms with Crippen molar-refractivity contribution in [3.63, 3.8) is 0 Å². The number of nitrogens with one attached hydrogen (secondary N) is 1. The first kappa shape index (κ1) is 22.8. The number of hydrogen-bond acceptors (Lipinski definition) is 6. The summed E-state index contributed by atoms with van der Waals surface area (Å²) < 4.78 is 37.7. The van der Waals surface area contributed by atoms with Crippen LogP contribution in [0.4, 0.5) is 0 Å². The van der Waals surface area contributed by atoms with Crippen molar-refractivity contribution >= 4 is 26.8 Å². The smallest absolute Gasteiger partial charge is 0.305 e. The Morgan fingerprint density at radius 1 is 0.939 bits per heavy atom. The molecule has 0 aliphatic carbocycles. The van der Waals surface area contributed by atoms with E-state index in [1.54, 1.807) is 36.4 Å². The highest BCUT2D eigenvalue weighted by atomic mass is 32.2. The molecule has 1 atom stereocenters. The Hall–Kier alpha value is -3.42. The molecule has 33 heavy (non-hydrogen) atoms. The molecule has 0 fully saturated rings. The molecule has 4 aromatic rings. The third-order valence-electron chi connectivity index (χ3n) is 5.41. The van der Waals surface area contributed by atoms with Crippen LogP contribution in [0.5, 0.6) is 0 Å². The molecule has 0 bridgehead atoms. The molecule has 0 aliphatic heterocycles. The fourth-order valence-electron chi connectivity index (χ4n) is 3.70. The van der Waals surface area contributed by atoms with Crippen molar-refractivity contribution in [3.05, 3.63) is 102 Å². The monoisotopic (exact) mass is 463 g/mol. The average molecular weight is 464 g/mol. The number of sulfone groups is 1. The van der Waals surface area contributed by atoms with Crippen LogP contribution < -0.4 is 5.32 Å². The van der Waals surface area contributed by atoms with Crippen LogP contribution in [0.2, 0.25) is 0 Å². The minimum Gasteiger partial charge on any atom is -0.469 e. The Kier molecular flexibility index (Phi) is 6.91. The van der Waals surface area contributed by atoms with Gasteiger partial charge in [-0.25, -0.2) is 8.42 Å². The first-order valence-electron chi connectivity index (χ1n) is 10.6. The number of fused-ring (bicyclic) bond motifs is 1. The highest BCUT2D eigenvalue weighted by Crippen LogP contribution is 2.31. The molecule has 0 amide bonds. The highest BCUT2D eigenvalue weighted by molar-refractivity contribution is 7.91. The zero-order valence-electron chi connectivity index (χ0n) is 18.2. The number of benzene rings is 3. The van der Waals surface area contributed by atoms with Gasteiger partial charge in [-0.05, 0) is 41.8 Å². The van der Waals surface area contributed by atoms with Crippen LogP contribution in [0.15, 0.2) is 94.2 Å². The van der Waals surface area contributed by atoms with E-state index in [1.165, 1.54) is 7.11 Å². The molecule has 1 unspecified atom stereocenters. The maximum Gasteiger partial charge on any atom is 0.305 e. The molecule has 4 rings (SSSR count). The van der Waals surface area contributed by atoms with E-state index in [9.17, 15) is 13.2 Å². The van der Waals surface area contributed by atoms with E-state index in [0.29, 0.717) is 24.3 Å². The number of rotatable bonds is 9. The summed E-state index contributed by atoms with van der Waals surface area (Å²) in [5.41, 5.74) is 2.51. The zero-order chi connectivity index (χ0) is 23.3. The molecule has 1 heterocycles. The Balaban J connectivity index is 1.61. The maximum absolute atomic E-state index is 13.5. The third kappa shape index (κ3) is 5.32. The number of carbonyl (C=O) groups is 1. The number of carbonyl (C=O) groups excluding carboxylic acids is 1. The molecule has 0 spiro atoms. The van der Waals surface area contributed by atoms with E-state index in [1.807, 2.05) is 48.5 Å². The largest absolute Gasteiger partial charge is 0.469 e. The summed E-state index contributed by atoms with van der Waals surface area (Å²) in [4.78, 5) is 11.7. The third-order valence-corrected chi connectivity index (χ3v) is 7.36. The number of esters is 1. The lowest BCUT2D eigenvalue weighted by Crippen LogP contribution is -2.28. The van der Waals surface area contributed by atoms with E-state index in [-0.39, 0.29) is 17.3 Å². The summed E-state index contributed by atoms with van der Waals surface area (Å²) >= 11 is 0. The van der Waals surface area contributed by atoms with Crippen LogP contribution >= 0.6 is 0 Å². The lowest BCUT2D eigenvalue weighted by Gasteiger charge is -2.18. The zero-order valence-corrected chi connectivity index (χ0v) is 19.0. The normalized spacial score (nSPS) is 12.5. The second-order valence-corrected chi connectivity index (χ2v) is 9.73. The van der Waals surface area contributed by atoms with Gasteiger partial charge in [0.2, 0.25) is 9.84 Å². The van der Waals surface area contributed by atoms with Gasteiger partial charge >= 0.3 is 5.97 Å². The molecule has 0 saturated heterocycles. The van der Waals surface area contributed by atoms with Crippen molar-refractivity contribution < 1.29 is 22.4 Å². The minimum absolute atomic E-state index is 0.217. The number of methoxy groups -OCH3 is 1. The van der Waals surface area contributed by atoms with E-state index in [2.05, 4.69) is 5.32 Å². The van der Waals surface area contributed by atoms with Crippen molar-refractivity contribution in [1.82, 2.24) is 5.32 Å². The van der Waals surface area contributed by atoms with Crippen LogP contribution in [-0.4, -0.2) is 21.5 Å². The second-order valence-electron chi connectivity index (χ2n) is 7.70. The van der Waals surface area contributed by atoms with Gasteiger partial charge in [0, 0.05) is 18.4 Å². The van der Waals surface area contributed by atoms with Gasteiger partial charge in [-0.1, -0.05) is 60.7 Å². The van der Waals surface area contributed by atoms with E-state index < -0.39 is 15.2 Å². The van der Waals surface area contributed by atoms with E-state index in [0.717, 1.165) is 16.5 Å². The number of ether oxygens (including phenoxy) is 1. The lowest BCUT2D eigenvalue weighted by atomic mass is 10.1. The molecular formula is C26H25NO5S. The number of para-hydroxylation sites is 1. The van der Waals surface area contributed by atoms with Crippen LogP contribution in [0.3, 0.4) is 0 Å². The number of furan rings is 1. The second kappa shape index (κ2) is 10.0. The standard InChI is InChI=1S/C26H25NO5S/c1-31-25(28)15-14-19-8-7-9-20(16-19)18-27-26(33(29,30)22-11-3-2-4-12-22)24-17-21-10-5-6-13-23(21)32-24/h2-13,16-17,26-27H,14-15,18H2,1H3. The molecule has 1 aromatic heterocycles. The van der Waals surface area contributed by atoms with Crippen LogP contribution in [0.1, 0.15) is 28.7 Å². The van der Waals surface area contributed by atoms with Gasteiger partial charge in [0.15, 0.2) is 5.37 Å². The van der Waals surface area contributed by atoms with Crippen molar-refractivity contribution in [3.8, 4) is 0 Å². The molecule has 0 aliphatic rings. The lowest BCUT2D eigenvalue weighted by molar-refractivity contribution is -0.140. The maximum atomic E-state index is 13.5. The fourth-order valence-corrected chi connectivity index (χ4v) is 5.23. The fraction of sp³-hybridized carbons (Fsp3) is 0.192. The Labute approximate surface area is 193 Å². The summed E-state index contributed by atoms with van der Waals surface area (Å²) in [5, 5.41) is 2.96. The van der Waals surface area contributed by atoms with Crippen molar-refractivity contribution in [2.75, 3.05) is 7.11 Å². The topological polar surface area (TPSA) is 85.6 Å². The molecule has 1 N–H and O–H groups in total. The molecule has 6 nitrogen and oxygen atoms in total. The molecule has 3 aromatic carbocycles. The Morgan fingerprint density at radius 2 is 1.67 bits per heavy atom. The van der Waals surface area contributed by atoms with Gasteiger partial charge in [-0.15, -0.1) is 0 Å². The summed E-state index contributed by atoms with van der Waals surface area (Å²) in [5.74, 6) is 0.0688. The summed E-state index contributed by atoms with van der Waals surface area (Å²) in [6.45, 7) is 0.305. The predicted octanol–water partition coefficient (Wildman–Crippen LogP) is 4.80. The van der Waals surface area contributed by atoms with E-state index in [4.69, 9.17) is 9.15 Å². The first-order chi connectivity index (χ1) is 16.0. The van der Waals surface area contributed by atoms with Gasteiger partial charge < -0.3 is 9.15 Å². The Morgan fingerprint density at radius 3 is 2.42 bits per heavy atom. The first-order valence-corrected chi connectivity index (χ1v) is 12.2. The summed E-state index contributed by atoms with van der Waals surface area (Å²) in [7, 11) is -2.40. The predicted molar refractivity (Wildman–Crippen MR) is 126 cm³/mol. The highest BCUT2D eigenvalue weighted by Gasteiger charge is 2.31. The minimum atomic E-state index is -3.77. The molecule has 0 saturated carbocycles. The molecular weight excluding hydrogens is 438 g/mol.